The lowest BCUT2D eigenvalue weighted by atomic mass is 10.2. The first-order valence-electron chi connectivity index (χ1n) is 10.7. The van der Waals surface area contributed by atoms with E-state index in [1.807, 2.05) is 13.8 Å². The first kappa shape index (κ1) is 25.5. The molecule has 34 heavy (non-hydrogen) atoms. The molecule has 0 saturated heterocycles. The minimum absolute atomic E-state index is 0.0343. The normalized spacial score (nSPS) is 11.4. The number of hydrogen-bond acceptors (Lipinski definition) is 5. The van der Waals surface area contributed by atoms with Gasteiger partial charge in [-0.15, -0.1) is 6.58 Å². The zero-order valence-corrected chi connectivity index (χ0v) is 21.0. The highest BCUT2D eigenvalue weighted by molar-refractivity contribution is 7.90. The number of nitrogens with zero attached hydrogens (tertiary/aromatic N) is 3. The number of rotatable bonds is 10. The van der Waals surface area contributed by atoms with Crippen LogP contribution in [0.1, 0.15) is 41.5 Å². The molecule has 3 aromatic rings. The second-order valence-corrected chi connectivity index (χ2v) is 10.4. The minimum Gasteiger partial charge on any atom is -0.497 e. The summed E-state index contributed by atoms with van der Waals surface area (Å²) in [7, 11) is -2.20. The molecular weight excluding hydrogens is 474 g/mol. The largest absolute Gasteiger partial charge is 0.497 e. The summed E-state index contributed by atoms with van der Waals surface area (Å²) in [6.07, 6.45) is 3.15. The first-order chi connectivity index (χ1) is 16.2. The van der Waals surface area contributed by atoms with Crippen LogP contribution in [0.3, 0.4) is 0 Å². The maximum atomic E-state index is 13.2. The minimum atomic E-state index is -3.76. The molecule has 0 fully saturated rings. The highest BCUT2D eigenvalue weighted by atomic mass is 35.5. The number of carbonyl (C=O) groups is 1. The van der Waals surface area contributed by atoms with Gasteiger partial charge in [-0.1, -0.05) is 29.8 Å². The number of sulfone groups is 1. The fourth-order valence-corrected chi connectivity index (χ4v) is 5.48. The molecular formula is C25H28ClN3O4S. The van der Waals surface area contributed by atoms with Crippen molar-refractivity contribution in [3.63, 3.8) is 0 Å². The highest BCUT2D eigenvalue weighted by Gasteiger charge is 2.27. The topological polar surface area (TPSA) is 81.5 Å². The Bertz CT molecular complexity index is 1270. The molecule has 2 aromatic carbocycles. The molecule has 0 aliphatic rings. The SMILES string of the molecule is C=CCN(Cc1cnc(S(=O)(=O)Cc2cccc(Cl)c2)n1C(C)C)C(=O)c1ccc(OC)cc1. The lowest BCUT2D eigenvalue weighted by molar-refractivity contribution is 0.0758. The van der Waals surface area contributed by atoms with Crippen molar-refractivity contribution in [3.05, 3.63) is 89.2 Å². The van der Waals surface area contributed by atoms with Gasteiger partial charge in [0.25, 0.3) is 5.91 Å². The summed E-state index contributed by atoms with van der Waals surface area (Å²) in [6, 6.07) is 13.4. The Morgan fingerprint density at radius 2 is 1.94 bits per heavy atom. The van der Waals surface area contributed by atoms with Gasteiger partial charge in [-0.05, 0) is 55.8 Å². The Kier molecular flexibility index (Phi) is 8.17. The predicted octanol–water partition coefficient (Wildman–Crippen LogP) is 4.93. The smallest absolute Gasteiger partial charge is 0.254 e. The molecule has 3 rings (SSSR count). The average Bonchev–Trinajstić information content (AvgIpc) is 3.23. The van der Waals surface area contributed by atoms with Crippen molar-refractivity contribution in [1.82, 2.24) is 14.5 Å². The van der Waals surface area contributed by atoms with Gasteiger partial charge in [0.05, 0.1) is 31.3 Å². The average molecular weight is 502 g/mol. The second kappa shape index (κ2) is 10.9. The number of amides is 1. The van der Waals surface area contributed by atoms with Crippen molar-refractivity contribution in [3.8, 4) is 5.75 Å². The Morgan fingerprint density at radius 1 is 1.24 bits per heavy atom. The molecule has 9 heteroatoms. The summed E-state index contributed by atoms with van der Waals surface area (Å²) in [6.45, 7) is 7.99. The van der Waals surface area contributed by atoms with Gasteiger partial charge < -0.3 is 14.2 Å². The van der Waals surface area contributed by atoms with Crippen LogP contribution in [0.25, 0.3) is 0 Å². The quantitative estimate of drug-likeness (QED) is 0.368. The zero-order chi connectivity index (χ0) is 24.9. The predicted molar refractivity (Wildman–Crippen MR) is 133 cm³/mol. The Balaban J connectivity index is 1.92. The van der Waals surface area contributed by atoms with E-state index in [-0.39, 0.29) is 29.4 Å². The van der Waals surface area contributed by atoms with Crippen molar-refractivity contribution in [2.24, 2.45) is 0 Å². The molecule has 0 radical (unpaired) electrons. The molecule has 0 unspecified atom stereocenters. The number of aromatic nitrogens is 2. The van der Waals surface area contributed by atoms with Crippen LogP contribution in [0.4, 0.5) is 0 Å². The number of methoxy groups -OCH3 is 1. The molecule has 0 atom stereocenters. The molecule has 1 heterocycles. The highest BCUT2D eigenvalue weighted by Crippen LogP contribution is 2.24. The summed E-state index contributed by atoms with van der Waals surface area (Å²) in [5.74, 6) is 0.222. The third-order valence-electron chi connectivity index (χ3n) is 5.21. The standard InChI is InChI=1S/C25H28ClN3O4S/c1-5-13-28(24(30)20-9-11-23(33-4)12-10-20)16-22-15-27-25(29(22)18(2)3)34(31,32)17-19-7-6-8-21(26)14-19/h5-12,14-15,18H,1,13,16-17H2,2-4H3. The number of carbonyl (C=O) groups excluding carboxylic acids is 1. The van der Waals surface area contributed by atoms with Crippen LogP contribution >= 0.6 is 11.6 Å². The number of hydrogen-bond donors (Lipinski definition) is 0. The Hall–Kier alpha value is -3.10. The first-order valence-corrected chi connectivity index (χ1v) is 12.8. The molecule has 0 spiro atoms. The van der Waals surface area contributed by atoms with Crippen LogP contribution in [-0.2, 0) is 22.1 Å². The van der Waals surface area contributed by atoms with Crippen molar-refractivity contribution in [2.45, 2.75) is 37.3 Å². The van der Waals surface area contributed by atoms with Crippen LogP contribution in [0.15, 0.2) is 72.5 Å². The van der Waals surface area contributed by atoms with E-state index < -0.39 is 9.84 Å². The summed E-state index contributed by atoms with van der Waals surface area (Å²) in [4.78, 5) is 19.0. The van der Waals surface area contributed by atoms with Crippen molar-refractivity contribution < 1.29 is 17.9 Å². The monoisotopic (exact) mass is 501 g/mol. The summed E-state index contributed by atoms with van der Waals surface area (Å²) < 4.78 is 33.3. The molecule has 0 bridgehead atoms. The van der Waals surface area contributed by atoms with Gasteiger partial charge in [0, 0.05) is 23.2 Å². The van der Waals surface area contributed by atoms with E-state index in [9.17, 15) is 13.2 Å². The van der Waals surface area contributed by atoms with Gasteiger partial charge in [-0.2, -0.15) is 0 Å². The maximum absolute atomic E-state index is 13.2. The van der Waals surface area contributed by atoms with Crippen LogP contribution in [0.2, 0.25) is 5.02 Å². The molecule has 0 aliphatic heterocycles. The van der Waals surface area contributed by atoms with E-state index in [2.05, 4.69) is 11.6 Å². The fourth-order valence-electron chi connectivity index (χ4n) is 3.67. The van der Waals surface area contributed by atoms with E-state index in [0.29, 0.717) is 34.1 Å². The molecule has 7 nitrogen and oxygen atoms in total. The van der Waals surface area contributed by atoms with Crippen molar-refractivity contribution in [2.75, 3.05) is 13.7 Å². The Morgan fingerprint density at radius 3 is 2.53 bits per heavy atom. The molecule has 0 aliphatic carbocycles. The van der Waals surface area contributed by atoms with Crippen LogP contribution < -0.4 is 4.74 Å². The number of ether oxygens (including phenoxy) is 1. The lowest BCUT2D eigenvalue weighted by Gasteiger charge is -2.23. The van der Waals surface area contributed by atoms with E-state index in [0.717, 1.165) is 0 Å². The third-order valence-corrected chi connectivity index (χ3v) is 7.01. The maximum Gasteiger partial charge on any atom is 0.254 e. The Labute approximate surface area is 205 Å². The molecule has 0 N–H and O–H groups in total. The van der Waals surface area contributed by atoms with E-state index in [1.165, 1.54) is 6.20 Å². The van der Waals surface area contributed by atoms with Gasteiger partial charge in [0.1, 0.15) is 5.75 Å². The van der Waals surface area contributed by atoms with E-state index in [1.54, 1.807) is 71.2 Å². The van der Waals surface area contributed by atoms with Crippen molar-refractivity contribution >= 4 is 27.3 Å². The van der Waals surface area contributed by atoms with Gasteiger partial charge in [0.2, 0.25) is 15.0 Å². The summed E-state index contributed by atoms with van der Waals surface area (Å²) >= 11 is 6.02. The van der Waals surface area contributed by atoms with E-state index >= 15 is 0 Å². The number of benzene rings is 2. The summed E-state index contributed by atoms with van der Waals surface area (Å²) in [5.41, 5.74) is 1.69. The number of halogens is 1. The zero-order valence-electron chi connectivity index (χ0n) is 19.4. The molecule has 180 valence electrons. The van der Waals surface area contributed by atoms with Gasteiger partial charge in [-0.25, -0.2) is 13.4 Å². The molecule has 1 aromatic heterocycles. The summed E-state index contributed by atoms with van der Waals surface area (Å²) in [5, 5.41) is 0.436. The number of imidazole rings is 1. The molecule has 1 amide bonds. The molecule has 0 saturated carbocycles. The second-order valence-electron chi connectivity index (χ2n) is 8.09. The van der Waals surface area contributed by atoms with Gasteiger partial charge in [-0.3, -0.25) is 4.79 Å². The third kappa shape index (κ3) is 5.87. The lowest BCUT2D eigenvalue weighted by Crippen LogP contribution is -2.32. The van der Waals surface area contributed by atoms with Crippen LogP contribution in [0, 0.1) is 0 Å². The van der Waals surface area contributed by atoms with Crippen LogP contribution in [-0.4, -0.2) is 42.4 Å². The van der Waals surface area contributed by atoms with Crippen molar-refractivity contribution in [1.29, 1.82) is 0 Å². The van der Waals surface area contributed by atoms with E-state index in [4.69, 9.17) is 16.3 Å². The van der Waals surface area contributed by atoms with Gasteiger partial charge in [0.15, 0.2) is 0 Å². The van der Waals surface area contributed by atoms with Gasteiger partial charge >= 0.3 is 0 Å². The fraction of sp³-hybridized carbons (Fsp3) is 0.280. The van der Waals surface area contributed by atoms with Crippen LogP contribution in [0.5, 0.6) is 5.75 Å².